The lowest BCUT2D eigenvalue weighted by atomic mass is 10.1. The van der Waals surface area contributed by atoms with Gasteiger partial charge in [0, 0.05) is 45.2 Å². The van der Waals surface area contributed by atoms with Crippen molar-refractivity contribution in [2.24, 2.45) is 17.6 Å². The molecule has 0 aromatic heterocycles. The summed E-state index contributed by atoms with van der Waals surface area (Å²) in [6.07, 6.45) is 2.89. The minimum absolute atomic E-state index is 0.188. The molecule has 0 aliphatic carbocycles. The maximum Gasteiger partial charge on any atom is 0.224 e. The number of hydrogen-bond acceptors (Lipinski definition) is 3. The van der Waals surface area contributed by atoms with Gasteiger partial charge in [-0.2, -0.15) is 0 Å². The van der Waals surface area contributed by atoms with E-state index in [-0.39, 0.29) is 11.9 Å². The van der Waals surface area contributed by atoms with Crippen LogP contribution in [-0.2, 0) is 4.79 Å². The van der Waals surface area contributed by atoms with Gasteiger partial charge in [0.1, 0.15) is 0 Å². The van der Waals surface area contributed by atoms with E-state index in [0.29, 0.717) is 24.8 Å². The number of rotatable bonds is 8. The topological polar surface area (TPSA) is 49.6 Å². The summed E-state index contributed by atoms with van der Waals surface area (Å²) in [6.45, 7) is 13.4. The van der Waals surface area contributed by atoms with Gasteiger partial charge in [-0.05, 0) is 24.7 Å². The van der Waals surface area contributed by atoms with Crippen LogP contribution in [0, 0.1) is 11.8 Å². The predicted molar refractivity (Wildman–Crippen MR) is 84.5 cm³/mol. The highest BCUT2D eigenvalue weighted by Gasteiger charge is 2.25. The normalized spacial score (nSPS) is 17.5. The Kier molecular flexibility index (Phi) is 7.52. The lowest BCUT2D eigenvalue weighted by Crippen LogP contribution is -2.47. The number of likely N-dealkylation sites (tertiary alicyclic amines) is 1. The van der Waals surface area contributed by atoms with E-state index >= 15 is 0 Å². The minimum atomic E-state index is 0.188. The number of nitrogens with two attached hydrogens (primary N) is 1. The SMILES string of the molecule is CC(C)CN(CC(C)C)C(CN)CC(=O)N1CCCC1. The van der Waals surface area contributed by atoms with Gasteiger partial charge >= 0.3 is 0 Å². The molecule has 1 aliphatic rings. The lowest BCUT2D eigenvalue weighted by molar-refractivity contribution is -0.131. The molecular formula is C16H33N3O. The minimum Gasteiger partial charge on any atom is -0.343 e. The molecule has 0 spiro atoms. The van der Waals surface area contributed by atoms with Crippen LogP contribution in [0.25, 0.3) is 0 Å². The third-order valence-electron chi connectivity index (χ3n) is 3.86. The summed E-state index contributed by atoms with van der Waals surface area (Å²) >= 11 is 0. The Morgan fingerprint density at radius 1 is 1.10 bits per heavy atom. The monoisotopic (exact) mass is 283 g/mol. The average Bonchev–Trinajstić information content (AvgIpc) is 2.87. The molecule has 4 nitrogen and oxygen atoms in total. The van der Waals surface area contributed by atoms with E-state index in [1.165, 1.54) is 0 Å². The van der Waals surface area contributed by atoms with Crippen LogP contribution in [0.15, 0.2) is 0 Å². The van der Waals surface area contributed by atoms with Gasteiger partial charge in [-0.15, -0.1) is 0 Å². The highest BCUT2D eigenvalue weighted by Crippen LogP contribution is 2.15. The van der Waals surface area contributed by atoms with Crippen LogP contribution in [0.5, 0.6) is 0 Å². The van der Waals surface area contributed by atoms with Gasteiger partial charge in [0.25, 0.3) is 0 Å². The number of nitrogens with zero attached hydrogens (tertiary/aromatic N) is 2. The fourth-order valence-corrected chi connectivity index (χ4v) is 2.97. The molecule has 0 aromatic rings. The molecule has 1 aliphatic heterocycles. The summed E-state index contributed by atoms with van der Waals surface area (Å²) in [5, 5.41) is 0. The third-order valence-corrected chi connectivity index (χ3v) is 3.86. The molecule has 0 saturated carbocycles. The van der Waals surface area contributed by atoms with Gasteiger partial charge in [0.05, 0.1) is 0 Å². The van der Waals surface area contributed by atoms with Gasteiger partial charge in [-0.1, -0.05) is 27.7 Å². The molecule has 1 heterocycles. The molecule has 1 rings (SSSR count). The van der Waals surface area contributed by atoms with Crippen LogP contribution < -0.4 is 5.73 Å². The second-order valence-electron chi connectivity index (χ2n) is 6.92. The Morgan fingerprint density at radius 2 is 1.60 bits per heavy atom. The molecule has 1 fully saturated rings. The van der Waals surface area contributed by atoms with Gasteiger partial charge < -0.3 is 10.6 Å². The Balaban J connectivity index is 2.60. The van der Waals surface area contributed by atoms with Crippen molar-refractivity contribution in [2.45, 2.75) is 53.0 Å². The highest BCUT2D eigenvalue weighted by atomic mass is 16.2. The smallest absolute Gasteiger partial charge is 0.224 e. The van der Waals surface area contributed by atoms with Crippen molar-refractivity contribution in [1.82, 2.24) is 9.80 Å². The van der Waals surface area contributed by atoms with Crippen LogP contribution >= 0.6 is 0 Å². The largest absolute Gasteiger partial charge is 0.343 e. The molecule has 0 radical (unpaired) electrons. The molecule has 1 atom stereocenters. The number of carbonyl (C=O) groups is 1. The van der Waals surface area contributed by atoms with Crippen LogP contribution in [0.1, 0.15) is 47.0 Å². The van der Waals surface area contributed by atoms with Crippen molar-refractivity contribution >= 4 is 5.91 Å². The predicted octanol–water partition coefficient (Wildman–Crippen LogP) is 1.94. The van der Waals surface area contributed by atoms with Gasteiger partial charge in [-0.3, -0.25) is 9.69 Å². The van der Waals surface area contributed by atoms with Crippen LogP contribution in [-0.4, -0.2) is 54.5 Å². The maximum absolute atomic E-state index is 12.3. The quantitative estimate of drug-likeness (QED) is 0.740. The molecule has 1 saturated heterocycles. The van der Waals surface area contributed by atoms with Crippen LogP contribution in [0.3, 0.4) is 0 Å². The van der Waals surface area contributed by atoms with Crippen molar-refractivity contribution in [3.05, 3.63) is 0 Å². The molecule has 0 bridgehead atoms. The van der Waals surface area contributed by atoms with Gasteiger partial charge in [-0.25, -0.2) is 0 Å². The standard InChI is InChI=1S/C16H33N3O/c1-13(2)11-19(12-14(3)4)15(10-17)9-16(20)18-7-5-6-8-18/h13-15H,5-12,17H2,1-4H3. The Bertz CT molecular complexity index is 275. The summed E-state index contributed by atoms with van der Waals surface area (Å²) in [5.74, 6) is 1.49. The van der Waals surface area contributed by atoms with Crippen molar-refractivity contribution in [3.63, 3.8) is 0 Å². The molecule has 4 heteroatoms. The lowest BCUT2D eigenvalue weighted by Gasteiger charge is -2.34. The molecule has 20 heavy (non-hydrogen) atoms. The second kappa shape index (κ2) is 8.63. The fraction of sp³-hybridized carbons (Fsp3) is 0.938. The fourth-order valence-electron chi connectivity index (χ4n) is 2.97. The number of carbonyl (C=O) groups excluding carboxylic acids is 1. The molecule has 1 unspecified atom stereocenters. The highest BCUT2D eigenvalue weighted by molar-refractivity contribution is 5.77. The van der Waals surface area contributed by atoms with Crippen molar-refractivity contribution in [1.29, 1.82) is 0 Å². The van der Waals surface area contributed by atoms with E-state index in [1.54, 1.807) is 0 Å². The van der Waals surface area contributed by atoms with Crippen molar-refractivity contribution in [3.8, 4) is 0 Å². The first-order valence-corrected chi connectivity index (χ1v) is 8.16. The summed E-state index contributed by atoms with van der Waals surface area (Å²) in [4.78, 5) is 16.8. The maximum atomic E-state index is 12.3. The van der Waals surface area contributed by atoms with E-state index in [9.17, 15) is 4.79 Å². The van der Waals surface area contributed by atoms with E-state index in [2.05, 4.69) is 32.6 Å². The molecular weight excluding hydrogens is 250 g/mol. The summed E-state index contributed by atoms with van der Waals surface area (Å²) < 4.78 is 0. The number of amides is 1. The third kappa shape index (κ3) is 5.80. The summed E-state index contributed by atoms with van der Waals surface area (Å²) in [6, 6.07) is 0.188. The zero-order chi connectivity index (χ0) is 15.1. The zero-order valence-electron chi connectivity index (χ0n) is 13.8. The number of hydrogen-bond donors (Lipinski definition) is 1. The Labute approximate surface area is 124 Å². The molecule has 0 aromatic carbocycles. The van der Waals surface area contributed by atoms with Crippen LogP contribution in [0.4, 0.5) is 0 Å². The zero-order valence-corrected chi connectivity index (χ0v) is 13.8. The first-order chi connectivity index (χ1) is 9.43. The first kappa shape index (κ1) is 17.4. The van der Waals surface area contributed by atoms with E-state index in [0.717, 1.165) is 39.0 Å². The first-order valence-electron chi connectivity index (χ1n) is 8.16. The summed E-state index contributed by atoms with van der Waals surface area (Å²) in [7, 11) is 0. The van der Waals surface area contributed by atoms with Gasteiger partial charge in [0.15, 0.2) is 0 Å². The molecule has 2 N–H and O–H groups in total. The van der Waals surface area contributed by atoms with E-state index in [1.807, 2.05) is 4.90 Å². The molecule has 1 amide bonds. The van der Waals surface area contributed by atoms with Gasteiger partial charge in [0.2, 0.25) is 5.91 Å². The summed E-state index contributed by atoms with van der Waals surface area (Å²) in [5.41, 5.74) is 5.96. The van der Waals surface area contributed by atoms with E-state index < -0.39 is 0 Å². The average molecular weight is 283 g/mol. The Hall–Kier alpha value is -0.610. The van der Waals surface area contributed by atoms with Crippen LogP contribution in [0.2, 0.25) is 0 Å². The Morgan fingerprint density at radius 3 is 2.00 bits per heavy atom. The van der Waals surface area contributed by atoms with Crippen molar-refractivity contribution in [2.75, 3.05) is 32.7 Å². The van der Waals surface area contributed by atoms with E-state index in [4.69, 9.17) is 5.73 Å². The van der Waals surface area contributed by atoms with Crippen molar-refractivity contribution < 1.29 is 4.79 Å². The second-order valence-corrected chi connectivity index (χ2v) is 6.92. The molecule has 118 valence electrons.